The second kappa shape index (κ2) is 6.78. The Morgan fingerprint density at radius 2 is 1.67 bits per heavy atom. The topological polar surface area (TPSA) is 41.1 Å². The van der Waals surface area contributed by atoms with Gasteiger partial charge < -0.3 is 10.6 Å². The van der Waals surface area contributed by atoms with Crippen molar-refractivity contribution in [3.05, 3.63) is 57.8 Å². The van der Waals surface area contributed by atoms with Crippen molar-refractivity contribution in [2.75, 3.05) is 10.6 Å². The Bertz CT molecular complexity index is 636. The van der Waals surface area contributed by atoms with Crippen molar-refractivity contribution >= 4 is 40.5 Å². The molecule has 0 fully saturated rings. The fourth-order valence-corrected chi connectivity index (χ4v) is 2.26. The Morgan fingerprint density at radius 1 is 1.10 bits per heavy atom. The average molecular weight is 327 g/mol. The molecule has 0 bridgehead atoms. The third-order valence-corrected chi connectivity index (χ3v) is 3.30. The highest BCUT2D eigenvalue weighted by Gasteiger charge is 2.07. The van der Waals surface area contributed by atoms with Crippen molar-refractivity contribution in [1.82, 2.24) is 0 Å². The van der Waals surface area contributed by atoms with E-state index in [0.717, 1.165) is 11.3 Å². The third-order valence-electron chi connectivity index (χ3n) is 2.75. The summed E-state index contributed by atoms with van der Waals surface area (Å²) in [4.78, 5) is 10.9. The lowest BCUT2D eigenvalue weighted by molar-refractivity contribution is -0.114. The summed E-state index contributed by atoms with van der Waals surface area (Å²) >= 11 is 11.5. The first kappa shape index (κ1) is 15.6. The lowest BCUT2D eigenvalue weighted by Gasteiger charge is -2.09. The number of halogens is 3. The summed E-state index contributed by atoms with van der Waals surface area (Å²) in [7, 11) is 0. The van der Waals surface area contributed by atoms with Gasteiger partial charge in [0.2, 0.25) is 5.91 Å². The Kier molecular flexibility index (Phi) is 5.04. The number of anilines is 2. The fourth-order valence-electron chi connectivity index (χ4n) is 1.77. The van der Waals surface area contributed by atoms with Gasteiger partial charge in [0.1, 0.15) is 0 Å². The minimum atomic E-state index is -0.622. The minimum absolute atomic E-state index is 0.0222. The maximum absolute atomic E-state index is 13.3. The van der Waals surface area contributed by atoms with Gasteiger partial charge in [-0.2, -0.15) is 0 Å². The number of hydrogen-bond donors (Lipinski definition) is 2. The number of benzene rings is 2. The second-order valence-corrected chi connectivity index (χ2v) is 5.30. The molecular formula is C15H13Cl2FN2O. The largest absolute Gasteiger partial charge is 0.381 e. The summed E-state index contributed by atoms with van der Waals surface area (Å²) in [5, 5.41) is 5.75. The first-order valence-corrected chi connectivity index (χ1v) is 6.96. The number of carbonyl (C=O) groups is 1. The fraction of sp³-hybridized carbons (Fsp3) is 0.133. The minimum Gasteiger partial charge on any atom is -0.381 e. The van der Waals surface area contributed by atoms with Crippen LogP contribution in [0.5, 0.6) is 0 Å². The zero-order valence-electron chi connectivity index (χ0n) is 11.2. The van der Waals surface area contributed by atoms with Crippen molar-refractivity contribution in [3.8, 4) is 0 Å². The first-order chi connectivity index (χ1) is 9.95. The van der Waals surface area contributed by atoms with Gasteiger partial charge in [0.15, 0.2) is 5.82 Å². The molecule has 0 atom stereocenters. The van der Waals surface area contributed by atoms with Gasteiger partial charge in [-0.15, -0.1) is 0 Å². The van der Waals surface area contributed by atoms with Crippen LogP contribution in [0, 0.1) is 5.82 Å². The SMILES string of the molecule is CC(=O)Nc1ccc(CNc2cc(Cl)c(F)c(Cl)c2)cc1. The van der Waals surface area contributed by atoms with E-state index in [1.807, 2.05) is 24.3 Å². The van der Waals surface area contributed by atoms with E-state index < -0.39 is 5.82 Å². The highest BCUT2D eigenvalue weighted by molar-refractivity contribution is 6.35. The predicted molar refractivity (Wildman–Crippen MR) is 84.5 cm³/mol. The van der Waals surface area contributed by atoms with Crippen LogP contribution in [0.2, 0.25) is 10.0 Å². The molecule has 1 amide bonds. The Balaban J connectivity index is 2.01. The molecule has 0 aliphatic heterocycles. The van der Waals surface area contributed by atoms with Gasteiger partial charge in [-0.3, -0.25) is 4.79 Å². The monoisotopic (exact) mass is 326 g/mol. The van der Waals surface area contributed by atoms with E-state index in [0.29, 0.717) is 12.2 Å². The molecule has 0 heterocycles. The molecule has 21 heavy (non-hydrogen) atoms. The van der Waals surface area contributed by atoms with Crippen molar-refractivity contribution in [2.45, 2.75) is 13.5 Å². The Labute approximate surface area is 132 Å². The number of amides is 1. The zero-order valence-corrected chi connectivity index (χ0v) is 12.7. The van der Waals surface area contributed by atoms with Gasteiger partial charge in [0.05, 0.1) is 10.0 Å². The molecular weight excluding hydrogens is 314 g/mol. The van der Waals surface area contributed by atoms with Crippen LogP contribution in [0.3, 0.4) is 0 Å². The molecule has 0 unspecified atom stereocenters. The van der Waals surface area contributed by atoms with E-state index in [2.05, 4.69) is 10.6 Å². The van der Waals surface area contributed by atoms with Crippen LogP contribution in [0.15, 0.2) is 36.4 Å². The molecule has 0 aliphatic carbocycles. The van der Waals surface area contributed by atoms with Crippen LogP contribution in [0.25, 0.3) is 0 Å². The summed E-state index contributed by atoms with van der Waals surface area (Å²) in [6, 6.07) is 10.3. The van der Waals surface area contributed by atoms with Crippen LogP contribution in [0.4, 0.5) is 15.8 Å². The molecule has 6 heteroatoms. The molecule has 2 rings (SSSR count). The molecule has 2 N–H and O–H groups in total. The molecule has 0 saturated heterocycles. The van der Waals surface area contributed by atoms with Crippen LogP contribution in [-0.4, -0.2) is 5.91 Å². The highest BCUT2D eigenvalue weighted by Crippen LogP contribution is 2.27. The molecule has 2 aromatic carbocycles. The maximum Gasteiger partial charge on any atom is 0.221 e. The number of nitrogens with one attached hydrogen (secondary N) is 2. The van der Waals surface area contributed by atoms with Gasteiger partial charge in [-0.1, -0.05) is 35.3 Å². The lowest BCUT2D eigenvalue weighted by atomic mass is 10.2. The lowest BCUT2D eigenvalue weighted by Crippen LogP contribution is -2.06. The maximum atomic E-state index is 13.3. The standard InChI is InChI=1S/C15H13Cl2FN2O/c1-9(21)20-11-4-2-10(3-5-11)8-19-12-6-13(16)15(18)14(17)7-12/h2-7,19H,8H2,1H3,(H,20,21). The molecule has 3 nitrogen and oxygen atoms in total. The summed E-state index contributed by atoms with van der Waals surface area (Å²) in [5.74, 6) is -0.736. The molecule has 110 valence electrons. The van der Waals surface area contributed by atoms with E-state index in [1.54, 1.807) is 0 Å². The van der Waals surface area contributed by atoms with E-state index in [-0.39, 0.29) is 16.0 Å². The van der Waals surface area contributed by atoms with Crippen molar-refractivity contribution in [2.24, 2.45) is 0 Å². The molecule has 0 radical (unpaired) electrons. The summed E-state index contributed by atoms with van der Waals surface area (Å²) in [6.07, 6.45) is 0. The van der Waals surface area contributed by atoms with Crippen molar-refractivity contribution < 1.29 is 9.18 Å². The number of carbonyl (C=O) groups excluding carboxylic acids is 1. The second-order valence-electron chi connectivity index (χ2n) is 4.49. The van der Waals surface area contributed by atoms with Gasteiger partial charge in [0, 0.05) is 24.8 Å². The van der Waals surface area contributed by atoms with Gasteiger partial charge in [-0.05, 0) is 29.8 Å². The normalized spacial score (nSPS) is 10.3. The smallest absolute Gasteiger partial charge is 0.221 e. The summed E-state index contributed by atoms with van der Waals surface area (Å²) in [6.45, 7) is 1.98. The van der Waals surface area contributed by atoms with Crippen LogP contribution in [0.1, 0.15) is 12.5 Å². The Morgan fingerprint density at radius 3 is 2.19 bits per heavy atom. The third kappa shape index (κ3) is 4.34. The van der Waals surface area contributed by atoms with Gasteiger partial charge >= 0.3 is 0 Å². The Hall–Kier alpha value is -1.78. The van der Waals surface area contributed by atoms with E-state index in [9.17, 15) is 9.18 Å². The average Bonchev–Trinajstić information content (AvgIpc) is 2.43. The van der Waals surface area contributed by atoms with Gasteiger partial charge in [-0.25, -0.2) is 4.39 Å². The summed E-state index contributed by atoms with van der Waals surface area (Å²) < 4.78 is 13.3. The first-order valence-electron chi connectivity index (χ1n) is 6.20. The van der Waals surface area contributed by atoms with E-state index >= 15 is 0 Å². The zero-order chi connectivity index (χ0) is 15.4. The molecule has 0 aliphatic rings. The van der Waals surface area contributed by atoms with Crippen LogP contribution < -0.4 is 10.6 Å². The van der Waals surface area contributed by atoms with Crippen molar-refractivity contribution in [1.29, 1.82) is 0 Å². The predicted octanol–water partition coefficient (Wildman–Crippen LogP) is 4.70. The van der Waals surface area contributed by atoms with E-state index in [4.69, 9.17) is 23.2 Å². The molecule has 0 aromatic heterocycles. The van der Waals surface area contributed by atoms with Crippen LogP contribution >= 0.6 is 23.2 Å². The van der Waals surface area contributed by atoms with Crippen molar-refractivity contribution in [3.63, 3.8) is 0 Å². The van der Waals surface area contributed by atoms with Gasteiger partial charge in [0.25, 0.3) is 0 Å². The molecule has 2 aromatic rings. The van der Waals surface area contributed by atoms with Crippen LogP contribution in [-0.2, 0) is 11.3 Å². The molecule has 0 spiro atoms. The number of rotatable bonds is 4. The number of hydrogen-bond acceptors (Lipinski definition) is 2. The van der Waals surface area contributed by atoms with E-state index in [1.165, 1.54) is 19.1 Å². The highest BCUT2D eigenvalue weighted by atomic mass is 35.5. The summed E-state index contributed by atoms with van der Waals surface area (Å²) in [5.41, 5.74) is 2.37. The molecule has 0 saturated carbocycles. The quantitative estimate of drug-likeness (QED) is 0.799.